The van der Waals surface area contributed by atoms with Crippen LogP contribution in [-0.2, 0) is 7.05 Å². The van der Waals surface area contributed by atoms with Gasteiger partial charge in [0.25, 0.3) is 5.91 Å². The first-order valence-electron chi connectivity index (χ1n) is 9.68. The Labute approximate surface area is 163 Å². The van der Waals surface area contributed by atoms with E-state index in [0.717, 1.165) is 56.1 Å². The van der Waals surface area contributed by atoms with E-state index in [4.69, 9.17) is 0 Å². The summed E-state index contributed by atoms with van der Waals surface area (Å²) in [5, 5.41) is 5.39. The summed E-state index contributed by atoms with van der Waals surface area (Å²) >= 11 is 0. The summed E-state index contributed by atoms with van der Waals surface area (Å²) in [6, 6.07) is 10.2. The zero-order valence-corrected chi connectivity index (χ0v) is 15.9. The molecule has 0 spiro atoms. The van der Waals surface area contributed by atoms with Crippen molar-refractivity contribution in [3.05, 3.63) is 48.4 Å². The molecule has 3 aromatic rings. The molecular formula is C20H23N7O. The monoisotopic (exact) mass is 377 g/mol. The average Bonchev–Trinajstić information content (AvgIpc) is 3.05. The van der Waals surface area contributed by atoms with Gasteiger partial charge in [0.05, 0.1) is 5.52 Å². The first kappa shape index (κ1) is 17.1. The lowest BCUT2D eigenvalue weighted by Crippen LogP contribution is -2.64. The Morgan fingerprint density at radius 3 is 2.46 bits per heavy atom. The van der Waals surface area contributed by atoms with Crippen molar-refractivity contribution in [3.63, 3.8) is 0 Å². The number of rotatable bonds is 3. The second kappa shape index (κ2) is 6.87. The number of hydrogen-bond acceptors (Lipinski definition) is 6. The van der Waals surface area contributed by atoms with Crippen LogP contribution in [0.25, 0.3) is 10.9 Å². The van der Waals surface area contributed by atoms with E-state index in [1.165, 1.54) is 0 Å². The van der Waals surface area contributed by atoms with Crippen LogP contribution in [-0.4, -0.2) is 80.8 Å². The van der Waals surface area contributed by atoms with Gasteiger partial charge in [-0.1, -0.05) is 18.2 Å². The maximum atomic E-state index is 12.9. The summed E-state index contributed by atoms with van der Waals surface area (Å²) in [4.78, 5) is 28.2. The van der Waals surface area contributed by atoms with Gasteiger partial charge in [-0.05, 0) is 12.1 Å². The van der Waals surface area contributed by atoms with Crippen LogP contribution in [0.4, 0.5) is 5.95 Å². The molecule has 4 heterocycles. The van der Waals surface area contributed by atoms with Crippen LogP contribution < -0.4 is 4.90 Å². The second-order valence-corrected chi connectivity index (χ2v) is 7.43. The predicted molar refractivity (Wildman–Crippen MR) is 106 cm³/mol. The lowest BCUT2D eigenvalue weighted by molar-refractivity contribution is 0.0242. The number of carbonyl (C=O) groups excluding carboxylic acids is 1. The maximum absolute atomic E-state index is 12.9. The van der Waals surface area contributed by atoms with Crippen LogP contribution in [0.2, 0.25) is 0 Å². The Hall–Kier alpha value is -3.00. The molecule has 2 fully saturated rings. The molecule has 1 aromatic carbocycles. The largest absolute Gasteiger partial charge is 0.338 e. The fraction of sp³-hybridized carbons (Fsp3) is 0.400. The van der Waals surface area contributed by atoms with Crippen molar-refractivity contribution in [2.45, 2.75) is 6.04 Å². The molecule has 0 radical (unpaired) electrons. The topological polar surface area (TPSA) is 70.4 Å². The third kappa shape index (κ3) is 2.90. The van der Waals surface area contributed by atoms with Crippen LogP contribution in [0.3, 0.4) is 0 Å². The Morgan fingerprint density at radius 1 is 1.00 bits per heavy atom. The molecule has 0 atom stereocenters. The third-order valence-electron chi connectivity index (χ3n) is 5.78. The summed E-state index contributed by atoms with van der Waals surface area (Å²) in [5.41, 5.74) is 1.55. The molecule has 144 valence electrons. The number of aromatic nitrogens is 4. The van der Waals surface area contributed by atoms with Crippen LogP contribution in [0.5, 0.6) is 0 Å². The number of hydrogen-bond donors (Lipinski definition) is 0. The van der Waals surface area contributed by atoms with Crippen molar-refractivity contribution in [1.29, 1.82) is 0 Å². The van der Waals surface area contributed by atoms with Gasteiger partial charge in [0, 0.05) is 70.1 Å². The minimum absolute atomic E-state index is 0.0318. The van der Waals surface area contributed by atoms with Crippen molar-refractivity contribution in [1.82, 2.24) is 29.5 Å². The van der Waals surface area contributed by atoms with Crippen molar-refractivity contribution in [3.8, 4) is 0 Å². The molecule has 0 unspecified atom stereocenters. The predicted octanol–water partition coefficient (Wildman–Crippen LogP) is 1.01. The molecule has 0 bridgehead atoms. The molecule has 1 amide bonds. The van der Waals surface area contributed by atoms with Gasteiger partial charge in [0.15, 0.2) is 5.69 Å². The first-order chi connectivity index (χ1) is 13.7. The summed E-state index contributed by atoms with van der Waals surface area (Å²) in [5.74, 6) is 0.832. The molecule has 5 rings (SSSR count). The molecule has 8 heteroatoms. The maximum Gasteiger partial charge on any atom is 0.275 e. The second-order valence-electron chi connectivity index (χ2n) is 7.43. The lowest BCUT2D eigenvalue weighted by Gasteiger charge is -2.47. The van der Waals surface area contributed by atoms with E-state index in [9.17, 15) is 4.79 Å². The highest BCUT2D eigenvalue weighted by molar-refractivity contribution is 6.05. The smallest absolute Gasteiger partial charge is 0.275 e. The number of anilines is 1. The Morgan fingerprint density at radius 2 is 1.71 bits per heavy atom. The number of para-hydroxylation sites is 1. The van der Waals surface area contributed by atoms with Crippen molar-refractivity contribution in [2.75, 3.05) is 44.2 Å². The van der Waals surface area contributed by atoms with Crippen LogP contribution in [0.15, 0.2) is 42.7 Å². The van der Waals surface area contributed by atoms with Gasteiger partial charge in [-0.3, -0.25) is 14.4 Å². The van der Waals surface area contributed by atoms with Gasteiger partial charge in [0.2, 0.25) is 5.95 Å². The first-order valence-corrected chi connectivity index (χ1v) is 9.68. The number of carbonyl (C=O) groups is 1. The van der Waals surface area contributed by atoms with Crippen molar-refractivity contribution in [2.24, 2.45) is 7.05 Å². The van der Waals surface area contributed by atoms with Gasteiger partial charge in [-0.25, -0.2) is 9.97 Å². The van der Waals surface area contributed by atoms with Gasteiger partial charge in [-0.15, -0.1) is 0 Å². The number of aryl methyl sites for hydroxylation is 1. The van der Waals surface area contributed by atoms with E-state index >= 15 is 0 Å². The van der Waals surface area contributed by atoms with Gasteiger partial charge in [-0.2, -0.15) is 5.10 Å². The fourth-order valence-electron chi connectivity index (χ4n) is 4.12. The van der Waals surface area contributed by atoms with Gasteiger partial charge < -0.3 is 9.80 Å². The summed E-state index contributed by atoms with van der Waals surface area (Å²) in [6.07, 6.45) is 3.57. The minimum Gasteiger partial charge on any atom is -0.338 e. The SMILES string of the molecule is Cn1nc(C(=O)N2CC(N3CCN(c4ncccn4)CC3)C2)c2ccccc21. The normalized spacial score (nSPS) is 18.5. The van der Waals surface area contributed by atoms with Crippen LogP contribution >= 0.6 is 0 Å². The summed E-state index contributed by atoms with van der Waals surface area (Å²) in [6.45, 7) is 5.31. The number of nitrogens with zero attached hydrogens (tertiary/aromatic N) is 7. The van der Waals surface area contributed by atoms with E-state index in [1.807, 2.05) is 42.3 Å². The molecule has 0 aliphatic carbocycles. The standard InChI is InChI=1S/C20H23N7O/c1-24-17-6-3-2-5-16(17)18(23-24)19(28)27-13-15(14-27)25-9-11-26(12-10-25)20-21-7-4-8-22-20/h2-8,15H,9-14H2,1H3. The summed E-state index contributed by atoms with van der Waals surface area (Å²) in [7, 11) is 1.88. The highest BCUT2D eigenvalue weighted by Crippen LogP contribution is 2.24. The number of amides is 1. The number of likely N-dealkylation sites (tertiary alicyclic amines) is 1. The highest BCUT2D eigenvalue weighted by atomic mass is 16.2. The molecule has 28 heavy (non-hydrogen) atoms. The van der Waals surface area contributed by atoms with Crippen LogP contribution in [0.1, 0.15) is 10.5 Å². The zero-order chi connectivity index (χ0) is 19.1. The summed E-state index contributed by atoms with van der Waals surface area (Å²) < 4.78 is 1.78. The molecule has 2 aliphatic heterocycles. The molecule has 2 aromatic heterocycles. The highest BCUT2D eigenvalue weighted by Gasteiger charge is 2.37. The minimum atomic E-state index is 0.0318. The Kier molecular flexibility index (Phi) is 4.20. The van der Waals surface area contributed by atoms with Crippen molar-refractivity contribution >= 4 is 22.8 Å². The molecule has 8 nitrogen and oxygen atoms in total. The number of fused-ring (bicyclic) bond motifs is 1. The third-order valence-corrected chi connectivity index (χ3v) is 5.78. The zero-order valence-electron chi connectivity index (χ0n) is 15.9. The average molecular weight is 377 g/mol. The number of benzene rings is 1. The van der Waals surface area contributed by atoms with Gasteiger partial charge >= 0.3 is 0 Å². The van der Waals surface area contributed by atoms with E-state index < -0.39 is 0 Å². The molecule has 2 saturated heterocycles. The molecule has 0 N–H and O–H groups in total. The Bertz CT molecular complexity index is 988. The van der Waals surface area contributed by atoms with Crippen molar-refractivity contribution < 1.29 is 4.79 Å². The molecule has 2 aliphatic rings. The Balaban J connectivity index is 1.19. The van der Waals surface area contributed by atoms with Crippen LogP contribution in [0, 0.1) is 0 Å². The quantitative estimate of drug-likeness (QED) is 0.679. The van der Waals surface area contributed by atoms with E-state index in [0.29, 0.717) is 11.7 Å². The lowest BCUT2D eigenvalue weighted by atomic mass is 10.0. The van der Waals surface area contributed by atoms with E-state index in [2.05, 4.69) is 24.9 Å². The fourth-order valence-corrected chi connectivity index (χ4v) is 4.12. The molecule has 0 saturated carbocycles. The van der Waals surface area contributed by atoms with E-state index in [-0.39, 0.29) is 5.91 Å². The van der Waals surface area contributed by atoms with Gasteiger partial charge in [0.1, 0.15) is 0 Å². The molecular weight excluding hydrogens is 354 g/mol. The number of piperazine rings is 1. The van der Waals surface area contributed by atoms with E-state index in [1.54, 1.807) is 17.1 Å².